The molecule has 106 valence electrons. The highest BCUT2D eigenvalue weighted by molar-refractivity contribution is 5.51. The smallest absolute Gasteiger partial charge is 0.0767 e. The van der Waals surface area contributed by atoms with Gasteiger partial charge in [0.05, 0.1) is 11.6 Å². The van der Waals surface area contributed by atoms with Crippen molar-refractivity contribution < 1.29 is 5.11 Å². The van der Waals surface area contributed by atoms with Crippen molar-refractivity contribution in [2.45, 2.75) is 64.5 Å². The topological polar surface area (TPSA) is 23.5 Å². The van der Waals surface area contributed by atoms with Crippen molar-refractivity contribution in [1.29, 1.82) is 0 Å². The molecule has 0 aliphatic carbocycles. The Hall–Kier alpha value is -1.02. The fraction of sp³-hybridized carbons (Fsp3) is 0.647. The number of rotatable bonds is 1. The summed E-state index contributed by atoms with van der Waals surface area (Å²) in [6, 6.07) is 8.82. The maximum atomic E-state index is 10.2. The summed E-state index contributed by atoms with van der Waals surface area (Å²) in [7, 11) is 0. The molecule has 1 aromatic carbocycles. The average molecular weight is 261 g/mol. The number of hydrogen-bond acceptors (Lipinski definition) is 2. The van der Waals surface area contributed by atoms with Gasteiger partial charge in [-0.1, -0.05) is 32.9 Å². The minimum Gasteiger partial charge on any atom is -0.391 e. The molecule has 0 amide bonds. The zero-order valence-corrected chi connectivity index (χ0v) is 12.9. The lowest BCUT2D eigenvalue weighted by atomic mass is 9.85. The zero-order valence-electron chi connectivity index (χ0n) is 12.9. The molecule has 1 N–H and O–H groups in total. The van der Waals surface area contributed by atoms with Gasteiger partial charge < -0.3 is 10.0 Å². The van der Waals surface area contributed by atoms with E-state index in [4.69, 9.17) is 0 Å². The molecule has 2 heteroatoms. The van der Waals surface area contributed by atoms with E-state index in [2.05, 4.69) is 63.8 Å². The predicted octanol–water partition coefficient (Wildman–Crippen LogP) is 3.72. The molecule has 1 aliphatic rings. The van der Waals surface area contributed by atoms with Crippen molar-refractivity contribution in [2.75, 3.05) is 11.4 Å². The van der Waals surface area contributed by atoms with Gasteiger partial charge in [0.1, 0.15) is 0 Å². The molecular formula is C17H27NO. The molecule has 0 saturated carbocycles. The van der Waals surface area contributed by atoms with E-state index in [0.717, 1.165) is 19.4 Å². The van der Waals surface area contributed by atoms with Crippen molar-refractivity contribution >= 4 is 5.69 Å². The minimum atomic E-state index is -0.247. The average Bonchev–Trinajstić information content (AvgIpc) is 2.32. The summed E-state index contributed by atoms with van der Waals surface area (Å²) < 4.78 is 0. The summed E-state index contributed by atoms with van der Waals surface area (Å²) in [6.07, 6.45) is 1.72. The Labute approximate surface area is 117 Å². The largest absolute Gasteiger partial charge is 0.391 e. The Bertz CT molecular complexity index is 428. The third kappa shape index (κ3) is 2.79. The van der Waals surface area contributed by atoms with Crippen LogP contribution in [-0.4, -0.2) is 23.3 Å². The van der Waals surface area contributed by atoms with Crippen molar-refractivity contribution in [3.8, 4) is 0 Å². The van der Waals surface area contributed by atoms with Crippen molar-refractivity contribution in [3.05, 3.63) is 29.8 Å². The van der Waals surface area contributed by atoms with Crippen LogP contribution in [0.15, 0.2) is 24.3 Å². The molecule has 1 unspecified atom stereocenters. The Kier molecular flexibility index (Phi) is 3.65. The highest BCUT2D eigenvalue weighted by Crippen LogP contribution is 2.34. The van der Waals surface area contributed by atoms with Crippen LogP contribution in [-0.2, 0) is 5.41 Å². The molecule has 2 nitrogen and oxygen atoms in total. The molecule has 1 aromatic rings. The lowest BCUT2D eigenvalue weighted by Gasteiger charge is -2.47. The van der Waals surface area contributed by atoms with Gasteiger partial charge in [-0.15, -0.1) is 0 Å². The molecule has 1 saturated heterocycles. The molecule has 0 spiro atoms. The summed E-state index contributed by atoms with van der Waals surface area (Å²) in [5, 5.41) is 10.2. The molecule has 2 rings (SSSR count). The van der Waals surface area contributed by atoms with Gasteiger partial charge in [-0.25, -0.2) is 0 Å². The second kappa shape index (κ2) is 4.82. The second-order valence-corrected chi connectivity index (χ2v) is 7.26. The van der Waals surface area contributed by atoms with Crippen LogP contribution in [0.2, 0.25) is 0 Å². The van der Waals surface area contributed by atoms with Crippen molar-refractivity contribution in [3.63, 3.8) is 0 Å². The van der Waals surface area contributed by atoms with Gasteiger partial charge in [0.15, 0.2) is 0 Å². The molecule has 1 atom stereocenters. The maximum Gasteiger partial charge on any atom is 0.0767 e. The molecule has 0 bridgehead atoms. The normalized spacial score (nSPS) is 23.5. The van der Waals surface area contributed by atoms with E-state index >= 15 is 0 Å². The fourth-order valence-electron chi connectivity index (χ4n) is 2.87. The number of benzene rings is 1. The summed E-state index contributed by atoms with van der Waals surface area (Å²) in [5.41, 5.74) is 2.58. The van der Waals surface area contributed by atoms with E-state index in [1.54, 1.807) is 0 Å². The Morgan fingerprint density at radius 3 is 2.26 bits per heavy atom. The summed E-state index contributed by atoms with van der Waals surface area (Å²) in [5.74, 6) is 0. The van der Waals surface area contributed by atoms with Crippen LogP contribution in [0.5, 0.6) is 0 Å². The third-order valence-electron chi connectivity index (χ3n) is 4.42. The van der Waals surface area contributed by atoms with Gasteiger partial charge in [-0.2, -0.15) is 0 Å². The van der Waals surface area contributed by atoms with Gasteiger partial charge >= 0.3 is 0 Å². The van der Waals surface area contributed by atoms with Crippen molar-refractivity contribution in [2.24, 2.45) is 0 Å². The lowest BCUT2D eigenvalue weighted by molar-refractivity contribution is 0.0711. The monoisotopic (exact) mass is 261 g/mol. The fourth-order valence-corrected chi connectivity index (χ4v) is 2.87. The number of aliphatic hydroxyl groups excluding tert-OH is 1. The minimum absolute atomic E-state index is 0.179. The molecule has 1 aliphatic heterocycles. The first kappa shape index (κ1) is 14.4. The van der Waals surface area contributed by atoms with Crippen LogP contribution in [0, 0.1) is 0 Å². The van der Waals surface area contributed by atoms with Crippen LogP contribution in [0.3, 0.4) is 0 Å². The standard InChI is InChI=1S/C17H27NO/c1-16(2,3)13-8-10-14(11-9-13)18-12-6-7-15(19)17(18,4)5/h8-11,15,19H,6-7,12H2,1-5H3. The quantitative estimate of drug-likeness (QED) is 0.832. The number of aliphatic hydroxyl groups is 1. The number of anilines is 1. The number of piperidine rings is 1. The molecular weight excluding hydrogens is 234 g/mol. The number of nitrogens with zero attached hydrogens (tertiary/aromatic N) is 1. The van der Waals surface area contributed by atoms with Crippen LogP contribution in [0.1, 0.15) is 53.0 Å². The van der Waals surface area contributed by atoms with E-state index < -0.39 is 0 Å². The first-order valence-corrected chi connectivity index (χ1v) is 7.29. The Balaban J connectivity index is 2.27. The first-order chi connectivity index (χ1) is 8.73. The van der Waals surface area contributed by atoms with E-state index in [1.165, 1.54) is 11.3 Å². The third-order valence-corrected chi connectivity index (χ3v) is 4.42. The molecule has 1 heterocycles. The van der Waals surface area contributed by atoms with Crippen LogP contribution in [0.4, 0.5) is 5.69 Å². The maximum absolute atomic E-state index is 10.2. The number of hydrogen-bond donors (Lipinski definition) is 1. The highest BCUT2D eigenvalue weighted by atomic mass is 16.3. The molecule has 0 radical (unpaired) electrons. The van der Waals surface area contributed by atoms with Gasteiger partial charge in [-0.3, -0.25) is 0 Å². The van der Waals surface area contributed by atoms with E-state index in [9.17, 15) is 5.11 Å². The van der Waals surface area contributed by atoms with Crippen LogP contribution >= 0.6 is 0 Å². The Morgan fingerprint density at radius 2 is 1.74 bits per heavy atom. The molecule has 1 fully saturated rings. The van der Waals surface area contributed by atoms with Gasteiger partial charge in [0.2, 0.25) is 0 Å². The summed E-state index contributed by atoms with van der Waals surface area (Å²) in [4.78, 5) is 2.34. The predicted molar refractivity (Wildman–Crippen MR) is 81.8 cm³/mol. The van der Waals surface area contributed by atoms with Gasteiger partial charge in [0.25, 0.3) is 0 Å². The van der Waals surface area contributed by atoms with Gasteiger partial charge in [0, 0.05) is 12.2 Å². The Morgan fingerprint density at radius 1 is 1.16 bits per heavy atom. The van der Waals surface area contributed by atoms with Crippen LogP contribution in [0.25, 0.3) is 0 Å². The van der Waals surface area contributed by atoms with E-state index in [-0.39, 0.29) is 17.1 Å². The zero-order chi connectivity index (χ0) is 14.3. The highest BCUT2D eigenvalue weighted by Gasteiger charge is 2.37. The molecule has 0 aromatic heterocycles. The SMILES string of the molecule is CC(C)(C)c1ccc(N2CCCC(O)C2(C)C)cc1. The van der Waals surface area contributed by atoms with Crippen molar-refractivity contribution in [1.82, 2.24) is 0 Å². The second-order valence-electron chi connectivity index (χ2n) is 7.26. The summed E-state index contributed by atoms with van der Waals surface area (Å²) >= 11 is 0. The first-order valence-electron chi connectivity index (χ1n) is 7.29. The van der Waals surface area contributed by atoms with E-state index in [0.29, 0.717) is 0 Å². The summed E-state index contributed by atoms with van der Waals surface area (Å²) in [6.45, 7) is 12.0. The van der Waals surface area contributed by atoms with Crippen LogP contribution < -0.4 is 4.90 Å². The van der Waals surface area contributed by atoms with Gasteiger partial charge in [-0.05, 0) is 49.8 Å². The van der Waals surface area contributed by atoms with E-state index in [1.807, 2.05) is 0 Å². The molecule has 19 heavy (non-hydrogen) atoms. The lowest BCUT2D eigenvalue weighted by Crippen LogP contribution is -2.56.